The molecule has 0 aliphatic heterocycles. The van der Waals surface area contributed by atoms with Crippen molar-refractivity contribution in [1.82, 2.24) is 4.98 Å². The van der Waals surface area contributed by atoms with E-state index in [4.69, 9.17) is 0 Å². The van der Waals surface area contributed by atoms with Gasteiger partial charge in [-0.25, -0.2) is 9.55 Å². The zero-order valence-corrected chi connectivity index (χ0v) is 26.9. The lowest BCUT2D eigenvalue weighted by Gasteiger charge is -2.37. The number of aromatic amines is 1. The maximum Gasteiger partial charge on any atom is 0.258 e. The number of aryl methyl sites for hydroxylation is 1. The molecule has 0 aliphatic rings. The van der Waals surface area contributed by atoms with E-state index in [-0.39, 0.29) is 5.41 Å². The molecule has 2 heteroatoms. The van der Waals surface area contributed by atoms with Crippen molar-refractivity contribution in [3.05, 3.63) is 90.0 Å². The first kappa shape index (κ1) is 33.2. The summed E-state index contributed by atoms with van der Waals surface area (Å²) in [7, 11) is 0. The molecule has 1 aromatic heterocycles. The Morgan fingerprint density at radius 1 is 0.634 bits per heavy atom. The van der Waals surface area contributed by atoms with Crippen LogP contribution in [0.3, 0.4) is 0 Å². The van der Waals surface area contributed by atoms with Gasteiger partial charge in [-0.3, -0.25) is 0 Å². The molecule has 0 aliphatic carbocycles. The van der Waals surface area contributed by atoms with Gasteiger partial charge in [-0.15, -0.1) is 0 Å². The molecule has 2 unspecified atom stereocenters. The highest BCUT2D eigenvalue weighted by Gasteiger charge is 2.41. The number of rotatable bonds is 23. The first-order valence-electron chi connectivity index (χ1n) is 17.3. The predicted octanol–water partition coefficient (Wildman–Crippen LogP) is 11.3. The average molecular weight is 558 g/mol. The van der Waals surface area contributed by atoms with E-state index in [1.54, 1.807) is 0 Å². The fourth-order valence-corrected chi connectivity index (χ4v) is 6.84. The maximum absolute atomic E-state index is 3.72. The SMILES string of the molecule is CCCCCCCCCCCCCCCCC[n+]1cc[nH]c1C(CCC)C(C)(Cc1ccccc1)c1ccccc1. The number of nitrogens with one attached hydrogen (secondary N) is 1. The lowest BCUT2D eigenvalue weighted by atomic mass is 9.66. The van der Waals surface area contributed by atoms with E-state index in [0.29, 0.717) is 5.92 Å². The number of hydrogen-bond donors (Lipinski definition) is 1. The molecule has 2 nitrogen and oxygen atoms in total. The van der Waals surface area contributed by atoms with Crippen LogP contribution in [0.2, 0.25) is 0 Å². The summed E-state index contributed by atoms with van der Waals surface area (Å²) in [4.78, 5) is 3.72. The summed E-state index contributed by atoms with van der Waals surface area (Å²) in [6.07, 6.45) is 29.1. The van der Waals surface area contributed by atoms with Crippen LogP contribution < -0.4 is 4.57 Å². The smallest absolute Gasteiger partial charge is 0.247 e. The van der Waals surface area contributed by atoms with Crippen LogP contribution in [0.25, 0.3) is 0 Å². The van der Waals surface area contributed by atoms with Gasteiger partial charge in [0, 0.05) is 5.41 Å². The zero-order valence-electron chi connectivity index (χ0n) is 26.9. The third-order valence-corrected chi connectivity index (χ3v) is 9.32. The molecule has 3 aromatic rings. The Morgan fingerprint density at radius 3 is 1.68 bits per heavy atom. The molecule has 41 heavy (non-hydrogen) atoms. The Balaban J connectivity index is 1.46. The van der Waals surface area contributed by atoms with E-state index in [1.807, 2.05) is 0 Å². The Bertz CT molecular complexity index is 1020. The molecule has 0 spiro atoms. The third-order valence-electron chi connectivity index (χ3n) is 9.32. The minimum absolute atomic E-state index is 0.0142. The van der Waals surface area contributed by atoms with Crippen LogP contribution in [0.4, 0.5) is 0 Å². The van der Waals surface area contributed by atoms with Gasteiger partial charge in [0.2, 0.25) is 0 Å². The van der Waals surface area contributed by atoms with Crippen molar-refractivity contribution in [1.29, 1.82) is 0 Å². The monoisotopic (exact) mass is 557 g/mol. The van der Waals surface area contributed by atoms with Crippen LogP contribution in [-0.2, 0) is 18.4 Å². The van der Waals surface area contributed by atoms with Crippen molar-refractivity contribution in [3.8, 4) is 0 Å². The van der Waals surface area contributed by atoms with Crippen molar-refractivity contribution >= 4 is 0 Å². The second-order valence-corrected chi connectivity index (χ2v) is 12.8. The molecular formula is C39H61N2+. The van der Waals surface area contributed by atoms with Gasteiger partial charge in [-0.05, 0) is 36.8 Å². The highest BCUT2D eigenvalue weighted by atomic mass is 15.1. The summed E-state index contributed by atoms with van der Waals surface area (Å²) < 4.78 is 2.54. The highest BCUT2D eigenvalue weighted by Crippen LogP contribution is 2.43. The number of benzene rings is 2. The van der Waals surface area contributed by atoms with Crippen molar-refractivity contribution in [2.45, 2.75) is 154 Å². The summed E-state index contributed by atoms with van der Waals surface area (Å²) >= 11 is 0. The van der Waals surface area contributed by atoms with Crippen molar-refractivity contribution in [2.24, 2.45) is 0 Å². The van der Waals surface area contributed by atoms with Crippen LogP contribution in [0.1, 0.15) is 153 Å². The lowest BCUT2D eigenvalue weighted by molar-refractivity contribution is -0.705. The Kier molecular flexibility index (Phi) is 15.9. The Hall–Kier alpha value is -2.35. The molecule has 0 saturated carbocycles. The van der Waals surface area contributed by atoms with E-state index >= 15 is 0 Å². The third kappa shape index (κ3) is 11.4. The quantitative estimate of drug-likeness (QED) is 0.0883. The summed E-state index contributed by atoms with van der Waals surface area (Å²) in [5.74, 6) is 1.83. The zero-order chi connectivity index (χ0) is 29.0. The molecule has 0 radical (unpaired) electrons. The Morgan fingerprint density at radius 2 is 1.15 bits per heavy atom. The highest BCUT2D eigenvalue weighted by molar-refractivity contribution is 5.32. The molecule has 3 rings (SSSR count). The standard InChI is InChI=1S/C39H60N2/c1-4-6-7-8-9-10-11-12-13-14-15-16-17-18-25-32-41-33-31-40-38(41)37(26-5-2)39(3,36-29-23-20-24-30-36)34-35-27-21-19-22-28-35/h19-24,27-31,33,37H,4-18,25-26,32,34H2,1-3H3/p+1. The normalized spacial score (nSPS) is 13.7. The molecule has 0 amide bonds. The molecule has 1 heterocycles. The fourth-order valence-electron chi connectivity index (χ4n) is 6.84. The lowest BCUT2D eigenvalue weighted by Crippen LogP contribution is -2.43. The number of nitrogens with zero attached hydrogens (tertiary/aromatic N) is 1. The van der Waals surface area contributed by atoms with Crippen molar-refractivity contribution < 1.29 is 4.57 Å². The van der Waals surface area contributed by atoms with Crippen LogP contribution in [0.15, 0.2) is 73.1 Å². The number of H-pyrrole nitrogens is 1. The fraction of sp³-hybridized carbons (Fsp3) is 0.615. The summed E-state index contributed by atoms with van der Waals surface area (Å²) in [5.41, 5.74) is 2.87. The molecule has 1 N–H and O–H groups in total. The van der Waals surface area contributed by atoms with Crippen LogP contribution in [0, 0.1) is 0 Å². The second-order valence-electron chi connectivity index (χ2n) is 12.8. The van der Waals surface area contributed by atoms with Crippen LogP contribution in [0.5, 0.6) is 0 Å². The van der Waals surface area contributed by atoms with E-state index < -0.39 is 0 Å². The number of hydrogen-bond acceptors (Lipinski definition) is 0. The predicted molar refractivity (Wildman–Crippen MR) is 178 cm³/mol. The topological polar surface area (TPSA) is 19.7 Å². The van der Waals surface area contributed by atoms with Crippen molar-refractivity contribution in [3.63, 3.8) is 0 Å². The van der Waals surface area contributed by atoms with E-state index in [0.717, 1.165) is 13.0 Å². The molecule has 2 atom stereocenters. The van der Waals surface area contributed by atoms with Gasteiger partial charge in [0.15, 0.2) is 0 Å². The molecule has 0 bridgehead atoms. The average Bonchev–Trinajstić information content (AvgIpc) is 3.46. The second kappa shape index (κ2) is 19.7. The molecule has 0 saturated heterocycles. The van der Waals surface area contributed by atoms with E-state index in [9.17, 15) is 0 Å². The van der Waals surface area contributed by atoms with Gasteiger partial charge in [0.05, 0.1) is 12.5 Å². The van der Waals surface area contributed by atoms with E-state index in [2.05, 4.69) is 103 Å². The first-order chi connectivity index (χ1) is 20.2. The minimum atomic E-state index is 0.0142. The molecular weight excluding hydrogens is 496 g/mol. The van der Waals surface area contributed by atoms with Crippen LogP contribution >= 0.6 is 0 Å². The summed E-state index contributed by atoms with van der Waals surface area (Å²) in [6.45, 7) is 8.25. The number of unbranched alkanes of at least 4 members (excludes halogenated alkanes) is 14. The van der Waals surface area contributed by atoms with Gasteiger partial charge < -0.3 is 0 Å². The number of aromatic nitrogens is 2. The van der Waals surface area contributed by atoms with Gasteiger partial charge in [-0.1, -0.05) is 171 Å². The van der Waals surface area contributed by atoms with Gasteiger partial charge >= 0.3 is 0 Å². The summed E-state index contributed by atoms with van der Waals surface area (Å²) in [5, 5.41) is 0. The van der Waals surface area contributed by atoms with Crippen molar-refractivity contribution in [2.75, 3.05) is 0 Å². The molecule has 226 valence electrons. The minimum Gasteiger partial charge on any atom is -0.247 e. The maximum atomic E-state index is 3.72. The Labute approximate surface area is 253 Å². The van der Waals surface area contributed by atoms with Gasteiger partial charge in [-0.2, -0.15) is 0 Å². The summed E-state index contributed by atoms with van der Waals surface area (Å²) in [6, 6.07) is 22.3. The number of imidazole rings is 1. The molecule has 0 fully saturated rings. The first-order valence-corrected chi connectivity index (χ1v) is 17.3. The van der Waals surface area contributed by atoms with Crippen LogP contribution in [-0.4, -0.2) is 4.98 Å². The van der Waals surface area contributed by atoms with Gasteiger partial charge in [0.25, 0.3) is 5.82 Å². The largest absolute Gasteiger partial charge is 0.258 e. The van der Waals surface area contributed by atoms with E-state index in [1.165, 1.54) is 126 Å². The molecule has 2 aromatic carbocycles. The van der Waals surface area contributed by atoms with Gasteiger partial charge in [0.1, 0.15) is 12.4 Å².